The fourth-order valence-corrected chi connectivity index (χ4v) is 6.31. The molecule has 2 aromatic rings. The Kier molecular flexibility index (Phi) is 5.60. The minimum absolute atomic E-state index is 0.0928. The molecule has 2 heterocycles. The number of anilines is 1. The third kappa shape index (κ3) is 3.97. The maximum absolute atomic E-state index is 13.2. The summed E-state index contributed by atoms with van der Waals surface area (Å²) in [6.07, 6.45) is 1.56. The summed E-state index contributed by atoms with van der Waals surface area (Å²) in [7, 11) is -3.67. The largest absolute Gasteiger partial charge is 0.325 e. The quantitative estimate of drug-likeness (QED) is 0.749. The Bertz CT molecular complexity index is 1100. The van der Waals surface area contributed by atoms with Crippen LogP contribution in [0.15, 0.2) is 53.4 Å². The van der Waals surface area contributed by atoms with E-state index in [1.54, 1.807) is 22.5 Å². The first-order valence-electron chi connectivity index (χ1n) is 9.97. The van der Waals surface area contributed by atoms with E-state index in [0.29, 0.717) is 18.8 Å². The molecule has 2 bridgehead atoms. The number of nitrogens with one attached hydrogen (secondary N) is 1. The van der Waals surface area contributed by atoms with E-state index in [-0.39, 0.29) is 29.4 Å². The Hall–Kier alpha value is -2.73. The van der Waals surface area contributed by atoms with E-state index >= 15 is 0 Å². The number of fused-ring (bicyclic) bond motifs is 2. The summed E-state index contributed by atoms with van der Waals surface area (Å²) >= 11 is 0. The second-order valence-corrected chi connectivity index (χ2v) is 9.73. The zero-order chi connectivity index (χ0) is 21.3. The number of benzene rings is 2. The monoisotopic (exact) mass is 424 g/mol. The first kappa shape index (κ1) is 20.5. The fraction of sp³-hybridized carbons (Fsp3) is 0.364. The van der Waals surface area contributed by atoms with Crippen LogP contribution in [-0.2, 0) is 14.8 Å². The number of amides is 1. The van der Waals surface area contributed by atoms with E-state index in [1.807, 2.05) is 36.1 Å². The van der Waals surface area contributed by atoms with Crippen molar-refractivity contribution in [3.8, 4) is 0 Å². The van der Waals surface area contributed by atoms with E-state index < -0.39 is 10.0 Å². The first-order chi connectivity index (χ1) is 14.4. The molecule has 8 heteroatoms. The van der Waals surface area contributed by atoms with Crippen LogP contribution in [0, 0.1) is 13.5 Å². The highest BCUT2D eigenvalue weighted by Crippen LogP contribution is 2.36. The molecule has 1 N–H and O–H groups in total. The molecule has 0 aromatic heterocycles. The van der Waals surface area contributed by atoms with Crippen LogP contribution in [0.1, 0.15) is 18.4 Å². The predicted octanol–water partition coefficient (Wildman–Crippen LogP) is 3.02. The Morgan fingerprint density at radius 1 is 1.13 bits per heavy atom. The lowest BCUT2D eigenvalue weighted by Gasteiger charge is -2.39. The summed E-state index contributed by atoms with van der Waals surface area (Å²) in [5.74, 6) is -0.0928. The topological polar surface area (TPSA) is 74.1 Å². The maximum Gasteiger partial charge on any atom is 0.242 e. The molecule has 1 amide bonds. The lowest BCUT2D eigenvalue weighted by atomic mass is 10.2. The molecule has 4 rings (SSSR count). The number of nitrogens with zero attached hydrogens (tertiary/aromatic N) is 3. The summed E-state index contributed by atoms with van der Waals surface area (Å²) in [4.78, 5) is 18.1. The second-order valence-electron chi connectivity index (χ2n) is 7.89. The van der Waals surface area contributed by atoms with Gasteiger partial charge >= 0.3 is 0 Å². The van der Waals surface area contributed by atoms with Crippen molar-refractivity contribution >= 4 is 27.3 Å². The van der Waals surface area contributed by atoms with Gasteiger partial charge in [0.25, 0.3) is 0 Å². The van der Waals surface area contributed by atoms with E-state index in [4.69, 9.17) is 6.57 Å². The molecule has 0 aliphatic carbocycles. The lowest BCUT2D eigenvalue weighted by Crippen LogP contribution is -2.56. The number of hydrogen-bond donors (Lipinski definition) is 1. The van der Waals surface area contributed by atoms with Crippen LogP contribution in [0.3, 0.4) is 0 Å². The molecular formula is C22H24N4O3S. The van der Waals surface area contributed by atoms with Gasteiger partial charge in [-0.3, -0.25) is 9.69 Å². The van der Waals surface area contributed by atoms with Gasteiger partial charge in [0, 0.05) is 30.9 Å². The molecule has 156 valence electrons. The van der Waals surface area contributed by atoms with Crippen molar-refractivity contribution < 1.29 is 13.2 Å². The van der Waals surface area contributed by atoms with Gasteiger partial charge in [-0.1, -0.05) is 30.3 Å². The van der Waals surface area contributed by atoms with E-state index in [9.17, 15) is 13.2 Å². The average molecular weight is 425 g/mol. The van der Waals surface area contributed by atoms with Crippen molar-refractivity contribution in [2.24, 2.45) is 0 Å². The smallest absolute Gasteiger partial charge is 0.242 e. The van der Waals surface area contributed by atoms with Crippen molar-refractivity contribution in [2.45, 2.75) is 36.7 Å². The SMILES string of the molecule is [C-]#[N+]c1cccc(S(=O)(=O)N2C3CCC2CN(CC(=O)Nc2ccccc2C)C3)c1. The van der Waals surface area contributed by atoms with E-state index in [0.717, 1.165) is 24.1 Å². The molecule has 0 radical (unpaired) electrons. The molecule has 2 atom stereocenters. The maximum atomic E-state index is 13.2. The summed E-state index contributed by atoms with van der Waals surface area (Å²) in [6.45, 7) is 10.4. The molecule has 0 spiro atoms. The van der Waals surface area contributed by atoms with Crippen LogP contribution in [0.4, 0.5) is 11.4 Å². The first-order valence-corrected chi connectivity index (χ1v) is 11.4. The van der Waals surface area contributed by atoms with Crippen LogP contribution in [0.5, 0.6) is 0 Å². The number of rotatable bonds is 5. The van der Waals surface area contributed by atoms with E-state index in [2.05, 4.69) is 10.2 Å². The van der Waals surface area contributed by atoms with Gasteiger partial charge in [0.05, 0.1) is 18.0 Å². The van der Waals surface area contributed by atoms with Crippen LogP contribution in [-0.4, -0.2) is 55.2 Å². The molecule has 2 aromatic carbocycles. The summed E-state index contributed by atoms with van der Waals surface area (Å²) in [5.41, 5.74) is 2.12. The van der Waals surface area contributed by atoms with Gasteiger partial charge in [-0.2, -0.15) is 4.31 Å². The standard InChI is InChI=1S/C22H24N4O3S/c1-16-6-3-4-9-21(16)24-22(27)15-25-13-18-10-11-19(14-25)26(18)30(28,29)20-8-5-7-17(12-20)23-2/h3-9,12,18-19H,10-11,13-15H2,1H3,(H,24,27). The van der Waals surface area contributed by atoms with Crippen molar-refractivity contribution in [1.82, 2.24) is 9.21 Å². The van der Waals surface area contributed by atoms with Gasteiger partial charge in [0.1, 0.15) is 0 Å². The van der Waals surface area contributed by atoms with Gasteiger partial charge < -0.3 is 5.32 Å². The minimum Gasteiger partial charge on any atom is -0.325 e. The van der Waals surface area contributed by atoms with Gasteiger partial charge in [-0.15, -0.1) is 0 Å². The number of sulfonamides is 1. The molecule has 7 nitrogen and oxygen atoms in total. The third-order valence-corrected chi connectivity index (χ3v) is 7.80. The normalized spacial score (nSPS) is 21.9. The van der Waals surface area contributed by atoms with E-state index in [1.165, 1.54) is 6.07 Å². The zero-order valence-corrected chi connectivity index (χ0v) is 17.6. The molecule has 2 aliphatic heterocycles. The van der Waals surface area contributed by atoms with Crippen LogP contribution in [0.2, 0.25) is 0 Å². The molecule has 2 fully saturated rings. The molecule has 2 aliphatic rings. The van der Waals surface area contributed by atoms with Crippen molar-refractivity contribution in [1.29, 1.82) is 0 Å². The number of carbonyl (C=O) groups is 1. The molecule has 30 heavy (non-hydrogen) atoms. The van der Waals surface area contributed by atoms with Crippen LogP contribution < -0.4 is 5.32 Å². The highest BCUT2D eigenvalue weighted by atomic mass is 32.2. The number of carbonyl (C=O) groups excluding carboxylic acids is 1. The Morgan fingerprint density at radius 2 is 1.83 bits per heavy atom. The number of piperazine rings is 1. The number of likely N-dealkylation sites (tertiary alicyclic amines) is 1. The van der Waals surface area contributed by atoms with Gasteiger partial charge in [-0.25, -0.2) is 13.3 Å². The molecule has 0 saturated carbocycles. The molecular weight excluding hydrogens is 400 g/mol. The summed E-state index contributed by atoms with van der Waals surface area (Å²) < 4.78 is 28.1. The van der Waals surface area contributed by atoms with Crippen molar-refractivity contribution in [2.75, 3.05) is 25.0 Å². The summed E-state index contributed by atoms with van der Waals surface area (Å²) in [6, 6.07) is 13.5. The van der Waals surface area contributed by atoms with Crippen LogP contribution >= 0.6 is 0 Å². The van der Waals surface area contributed by atoms with Crippen molar-refractivity contribution in [3.05, 3.63) is 65.5 Å². The van der Waals surface area contributed by atoms with Gasteiger partial charge in [0.2, 0.25) is 15.9 Å². The Morgan fingerprint density at radius 3 is 2.50 bits per heavy atom. The number of hydrogen-bond acceptors (Lipinski definition) is 4. The van der Waals surface area contributed by atoms with Crippen LogP contribution in [0.25, 0.3) is 4.85 Å². The lowest BCUT2D eigenvalue weighted by molar-refractivity contribution is -0.117. The number of para-hydroxylation sites is 1. The highest BCUT2D eigenvalue weighted by molar-refractivity contribution is 7.89. The molecule has 2 unspecified atom stereocenters. The Balaban J connectivity index is 1.45. The van der Waals surface area contributed by atoms with Gasteiger partial charge in [-0.05, 0) is 43.5 Å². The second kappa shape index (κ2) is 8.19. The highest BCUT2D eigenvalue weighted by Gasteiger charge is 2.46. The van der Waals surface area contributed by atoms with Crippen molar-refractivity contribution in [3.63, 3.8) is 0 Å². The average Bonchev–Trinajstić information content (AvgIpc) is 3.02. The van der Waals surface area contributed by atoms with Gasteiger partial charge in [0.15, 0.2) is 5.69 Å². The Labute approximate surface area is 177 Å². The fourth-order valence-electron chi connectivity index (χ4n) is 4.41. The summed E-state index contributed by atoms with van der Waals surface area (Å²) in [5, 5.41) is 2.95. The zero-order valence-electron chi connectivity index (χ0n) is 16.8. The molecule has 2 saturated heterocycles. The predicted molar refractivity (Wildman–Crippen MR) is 115 cm³/mol. The number of aryl methyl sites for hydroxylation is 1. The third-order valence-electron chi connectivity index (χ3n) is 5.80. The minimum atomic E-state index is -3.67.